The van der Waals surface area contributed by atoms with Crippen molar-refractivity contribution in [3.05, 3.63) is 48.5 Å². The maximum absolute atomic E-state index is 15.0. The maximum atomic E-state index is 15.0. The lowest BCUT2D eigenvalue weighted by Gasteiger charge is -2.23. The van der Waals surface area contributed by atoms with Crippen LogP contribution in [-0.4, -0.2) is 47.5 Å². The van der Waals surface area contributed by atoms with Gasteiger partial charge in [0.1, 0.15) is 35.5 Å². The van der Waals surface area contributed by atoms with E-state index in [0.717, 1.165) is 12.8 Å². The summed E-state index contributed by atoms with van der Waals surface area (Å²) in [4.78, 5) is 20.4. The van der Waals surface area contributed by atoms with Gasteiger partial charge in [0.15, 0.2) is 0 Å². The van der Waals surface area contributed by atoms with Gasteiger partial charge in [-0.2, -0.15) is 0 Å². The van der Waals surface area contributed by atoms with Gasteiger partial charge in [0.2, 0.25) is 0 Å². The largest absolute Gasteiger partial charge is 0.490 e. The van der Waals surface area contributed by atoms with Crippen LogP contribution < -0.4 is 20.7 Å². The SMILES string of the molecule is CC(C)(F)CCNC(=O)Nc1ccc(Nc2ncnc3cc(OC4CCOCC4)cc(F)c23)cc1. The van der Waals surface area contributed by atoms with Gasteiger partial charge in [-0.25, -0.2) is 23.5 Å². The monoisotopic (exact) mass is 485 g/mol. The summed E-state index contributed by atoms with van der Waals surface area (Å²) in [6, 6.07) is 9.49. The number of ether oxygens (including phenoxy) is 2. The van der Waals surface area contributed by atoms with E-state index in [-0.39, 0.29) is 24.5 Å². The van der Waals surface area contributed by atoms with Crippen LogP contribution in [0.5, 0.6) is 5.75 Å². The van der Waals surface area contributed by atoms with Crippen molar-refractivity contribution in [1.29, 1.82) is 0 Å². The summed E-state index contributed by atoms with van der Waals surface area (Å²) in [5, 5.41) is 8.66. The van der Waals surface area contributed by atoms with Gasteiger partial charge < -0.3 is 25.4 Å². The molecule has 3 aromatic rings. The summed E-state index contributed by atoms with van der Waals surface area (Å²) < 4.78 is 39.8. The zero-order valence-electron chi connectivity index (χ0n) is 19.7. The zero-order chi connectivity index (χ0) is 24.8. The molecule has 35 heavy (non-hydrogen) atoms. The topological polar surface area (TPSA) is 97.4 Å². The summed E-state index contributed by atoms with van der Waals surface area (Å²) in [6.07, 6.45) is 3.10. The van der Waals surface area contributed by atoms with Crippen molar-refractivity contribution < 1.29 is 23.0 Å². The smallest absolute Gasteiger partial charge is 0.319 e. The zero-order valence-corrected chi connectivity index (χ0v) is 19.7. The number of hydrogen-bond acceptors (Lipinski definition) is 6. The van der Waals surface area contributed by atoms with Gasteiger partial charge in [-0.15, -0.1) is 0 Å². The van der Waals surface area contributed by atoms with E-state index in [1.54, 1.807) is 30.3 Å². The highest BCUT2D eigenvalue weighted by Crippen LogP contribution is 2.30. The number of fused-ring (bicyclic) bond motifs is 1. The fourth-order valence-corrected chi connectivity index (χ4v) is 3.69. The van der Waals surface area contributed by atoms with Crippen molar-refractivity contribution in [3.8, 4) is 5.75 Å². The number of aromatic nitrogens is 2. The molecular weight excluding hydrogens is 456 g/mol. The number of alkyl halides is 1. The number of amides is 2. The molecule has 2 heterocycles. The van der Waals surface area contributed by atoms with Crippen molar-refractivity contribution in [2.75, 3.05) is 30.4 Å². The van der Waals surface area contributed by atoms with Gasteiger partial charge in [-0.3, -0.25) is 0 Å². The van der Waals surface area contributed by atoms with Crippen LogP contribution in [-0.2, 0) is 4.74 Å². The molecule has 2 aromatic carbocycles. The molecule has 8 nitrogen and oxygen atoms in total. The van der Waals surface area contributed by atoms with Gasteiger partial charge in [-0.05, 0) is 44.5 Å². The first-order chi connectivity index (χ1) is 16.8. The third kappa shape index (κ3) is 6.98. The molecule has 3 N–H and O–H groups in total. The first kappa shape index (κ1) is 24.6. The molecule has 0 bridgehead atoms. The molecule has 1 aliphatic heterocycles. The number of nitrogens with zero attached hydrogens (tertiary/aromatic N) is 2. The fourth-order valence-electron chi connectivity index (χ4n) is 3.69. The molecule has 0 spiro atoms. The summed E-state index contributed by atoms with van der Waals surface area (Å²) >= 11 is 0. The Morgan fingerprint density at radius 2 is 1.86 bits per heavy atom. The van der Waals surface area contributed by atoms with Gasteiger partial charge in [0.05, 0.1) is 24.1 Å². The molecule has 0 saturated carbocycles. The predicted octanol–water partition coefficient (Wildman–Crippen LogP) is 5.33. The van der Waals surface area contributed by atoms with Crippen LogP contribution in [0.1, 0.15) is 33.1 Å². The minimum Gasteiger partial charge on any atom is -0.490 e. The van der Waals surface area contributed by atoms with E-state index in [2.05, 4.69) is 25.9 Å². The molecular formula is C25H29F2N5O3. The fraction of sp³-hybridized carbons (Fsp3) is 0.400. The second-order valence-corrected chi connectivity index (χ2v) is 9.00. The molecule has 1 saturated heterocycles. The maximum Gasteiger partial charge on any atom is 0.319 e. The molecule has 1 aromatic heterocycles. The van der Waals surface area contributed by atoms with E-state index < -0.39 is 17.5 Å². The number of carbonyl (C=O) groups is 1. The second-order valence-electron chi connectivity index (χ2n) is 9.00. The normalized spacial score (nSPS) is 14.5. The van der Waals surface area contributed by atoms with Crippen molar-refractivity contribution in [1.82, 2.24) is 15.3 Å². The highest BCUT2D eigenvalue weighted by molar-refractivity contribution is 5.92. The second kappa shape index (κ2) is 10.8. The Hall–Kier alpha value is -3.53. The molecule has 0 aliphatic carbocycles. The van der Waals surface area contributed by atoms with Crippen LogP contribution in [0, 0.1) is 5.82 Å². The lowest BCUT2D eigenvalue weighted by molar-refractivity contribution is 0.0255. The first-order valence-corrected chi connectivity index (χ1v) is 11.6. The molecule has 1 fully saturated rings. The number of hydrogen-bond donors (Lipinski definition) is 3. The van der Waals surface area contributed by atoms with Gasteiger partial charge >= 0.3 is 6.03 Å². The number of halogens is 2. The third-order valence-corrected chi connectivity index (χ3v) is 5.55. The van der Waals surface area contributed by atoms with E-state index in [9.17, 15) is 9.18 Å². The van der Waals surface area contributed by atoms with Crippen molar-refractivity contribution in [3.63, 3.8) is 0 Å². The highest BCUT2D eigenvalue weighted by Gasteiger charge is 2.18. The summed E-state index contributed by atoms with van der Waals surface area (Å²) in [5.41, 5.74) is 0.291. The van der Waals surface area contributed by atoms with Crippen LogP contribution in [0.25, 0.3) is 10.9 Å². The summed E-state index contributed by atoms with van der Waals surface area (Å²) in [6.45, 7) is 4.42. The Balaban J connectivity index is 1.41. The van der Waals surface area contributed by atoms with Crippen LogP contribution in [0.15, 0.2) is 42.7 Å². The number of carbonyl (C=O) groups excluding carboxylic acids is 1. The Labute approximate surface area is 202 Å². The van der Waals surface area contributed by atoms with Crippen molar-refractivity contribution >= 4 is 34.1 Å². The lowest BCUT2D eigenvalue weighted by Crippen LogP contribution is -2.32. The predicted molar refractivity (Wildman–Crippen MR) is 131 cm³/mol. The average Bonchev–Trinajstić information content (AvgIpc) is 2.80. The van der Waals surface area contributed by atoms with Crippen molar-refractivity contribution in [2.24, 2.45) is 0 Å². The summed E-state index contributed by atoms with van der Waals surface area (Å²) in [7, 11) is 0. The molecule has 0 atom stereocenters. The van der Waals surface area contributed by atoms with Crippen molar-refractivity contribution in [2.45, 2.75) is 44.9 Å². The van der Waals surface area contributed by atoms with E-state index in [0.29, 0.717) is 41.7 Å². The number of benzene rings is 2. The molecule has 10 heteroatoms. The lowest BCUT2D eigenvalue weighted by atomic mass is 10.1. The van der Waals surface area contributed by atoms with E-state index >= 15 is 4.39 Å². The minimum atomic E-state index is -1.34. The van der Waals surface area contributed by atoms with Crippen LogP contribution in [0.4, 0.5) is 30.8 Å². The van der Waals surface area contributed by atoms with Crippen LogP contribution in [0.3, 0.4) is 0 Å². The minimum absolute atomic E-state index is 0.00947. The number of rotatable bonds is 8. The standard InChI is InChI=1S/C25H29F2N5O3/c1-25(2,27)9-10-28-24(33)32-17-5-3-16(4-6-17)31-23-22-20(26)13-19(14-21(22)29-15-30-23)35-18-7-11-34-12-8-18/h3-6,13-15,18H,7-12H2,1-2H3,(H2,28,32,33)(H,29,30,31). The molecule has 2 amide bonds. The van der Waals surface area contributed by atoms with E-state index in [1.165, 1.54) is 26.2 Å². The average molecular weight is 486 g/mol. The number of anilines is 3. The Bertz CT molecular complexity index is 1160. The van der Waals surface area contributed by atoms with Gasteiger partial charge in [0.25, 0.3) is 0 Å². The van der Waals surface area contributed by atoms with Gasteiger partial charge in [0, 0.05) is 42.9 Å². The molecule has 0 radical (unpaired) electrons. The Kier molecular flexibility index (Phi) is 7.60. The van der Waals surface area contributed by atoms with Gasteiger partial charge in [-0.1, -0.05) is 0 Å². The highest BCUT2D eigenvalue weighted by atomic mass is 19.1. The molecule has 186 valence electrons. The van der Waals surface area contributed by atoms with Crippen LogP contribution in [0.2, 0.25) is 0 Å². The van der Waals surface area contributed by atoms with Crippen LogP contribution >= 0.6 is 0 Å². The Morgan fingerprint density at radius 3 is 2.57 bits per heavy atom. The molecule has 1 aliphatic rings. The summed E-state index contributed by atoms with van der Waals surface area (Å²) in [5.74, 6) is 0.256. The number of urea groups is 1. The molecule has 4 rings (SSSR count). The number of nitrogens with one attached hydrogen (secondary N) is 3. The van der Waals surface area contributed by atoms with E-state index in [1.807, 2.05) is 0 Å². The Morgan fingerprint density at radius 1 is 1.14 bits per heavy atom. The first-order valence-electron chi connectivity index (χ1n) is 11.6. The third-order valence-electron chi connectivity index (χ3n) is 5.55. The quantitative estimate of drug-likeness (QED) is 0.399. The van der Waals surface area contributed by atoms with E-state index in [4.69, 9.17) is 9.47 Å². The molecule has 0 unspecified atom stereocenters.